The van der Waals surface area contributed by atoms with Crippen LogP contribution in [0.15, 0.2) is 18.9 Å². The first kappa shape index (κ1) is 17.8. The van der Waals surface area contributed by atoms with Crippen molar-refractivity contribution in [1.29, 1.82) is 0 Å². The van der Waals surface area contributed by atoms with Crippen LogP contribution in [-0.4, -0.2) is 26.6 Å². The van der Waals surface area contributed by atoms with Gasteiger partial charge in [-0.05, 0) is 0 Å². The second kappa shape index (κ2) is 6.19. The van der Waals surface area contributed by atoms with Gasteiger partial charge in [0.15, 0.2) is 0 Å². The van der Waals surface area contributed by atoms with Crippen LogP contribution in [0.3, 0.4) is 0 Å². The first-order chi connectivity index (χ1) is 9.52. The molecule has 1 saturated carbocycles. The maximum absolute atomic E-state index is 13.8. The zero-order valence-corrected chi connectivity index (χ0v) is 17.8. The summed E-state index contributed by atoms with van der Waals surface area (Å²) in [5.74, 6) is 4.53. The van der Waals surface area contributed by atoms with E-state index in [9.17, 15) is 4.57 Å². The molecule has 1 nitrogen and oxygen atoms in total. The molecule has 1 aliphatic carbocycles. The normalized spacial score (nSPS) is 24.5. The van der Waals surface area contributed by atoms with Gasteiger partial charge in [-0.25, -0.2) is 0 Å². The van der Waals surface area contributed by atoms with Gasteiger partial charge in [0.2, 0.25) is 0 Å². The molecule has 0 aromatic heterocycles. The van der Waals surface area contributed by atoms with Gasteiger partial charge < -0.3 is 0 Å². The van der Waals surface area contributed by atoms with Crippen molar-refractivity contribution >= 4 is 28.1 Å². The summed E-state index contributed by atoms with van der Waals surface area (Å²) in [6.45, 7) is 13.8. The van der Waals surface area contributed by atoms with Crippen LogP contribution >= 0.6 is 7.14 Å². The van der Waals surface area contributed by atoms with Gasteiger partial charge in [-0.15, -0.1) is 0 Å². The molecule has 1 fully saturated rings. The molecule has 0 amide bonds. The van der Waals surface area contributed by atoms with Gasteiger partial charge in [0.1, 0.15) is 0 Å². The third-order valence-corrected chi connectivity index (χ3v) is 14.0. The Morgan fingerprint density at radius 2 is 1.33 bits per heavy atom. The standard InChI is InChI=1S/C18H31OPTe/c1-17(2,3)15-12-20(19,14-10-8-7-9-11-14)13-16(21-15)18(4,5)6/h12-14H,7-11H2,1-6H3. The van der Waals surface area contributed by atoms with Crippen molar-refractivity contribution in [3.63, 3.8) is 0 Å². The Hall–Kier alpha value is 0.500. The Bertz CT molecular complexity index is 462. The molecule has 0 N–H and O–H groups in total. The van der Waals surface area contributed by atoms with Crippen LogP contribution in [0.2, 0.25) is 0 Å². The summed E-state index contributed by atoms with van der Waals surface area (Å²) in [6.07, 6.45) is 6.20. The van der Waals surface area contributed by atoms with E-state index >= 15 is 0 Å². The SMILES string of the molecule is CC(C)(C)C1=CP(=O)(C2CCCCC2)C=C(C(C)(C)C)[Te]1. The summed E-state index contributed by atoms with van der Waals surface area (Å²) in [4.78, 5) is 0. The van der Waals surface area contributed by atoms with Gasteiger partial charge in [-0.1, -0.05) is 0 Å². The van der Waals surface area contributed by atoms with Crippen LogP contribution in [0.1, 0.15) is 73.6 Å². The van der Waals surface area contributed by atoms with Gasteiger partial charge >= 0.3 is 142 Å². The number of hydrogen-bond acceptors (Lipinski definition) is 1. The van der Waals surface area contributed by atoms with Crippen molar-refractivity contribution in [3.05, 3.63) is 18.9 Å². The summed E-state index contributed by atoms with van der Waals surface area (Å²) >= 11 is -0.335. The van der Waals surface area contributed by atoms with Gasteiger partial charge in [0, 0.05) is 0 Å². The van der Waals surface area contributed by atoms with Crippen LogP contribution in [-0.2, 0) is 4.57 Å². The van der Waals surface area contributed by atoms with E-state index in [4.69, 9.17) is 0 Å². The van der Waals surface area contributed by atoms with Crippen LogP contribution in [0, 0.1) is 10.8 Å². The van der Waals surface area contributed by atoms with E-state index in [-0.39, 0.29) is 31.8 Å². The third-order valence-electron chi connectivity index (χ3n) is 4.48. The fraction of sp³-hybridized carbons (Fsp3) is 0.778. The quantitative estimate of drug-likeness (QED) is 0.365. The predicted octanol–water partition coefficient (Wildman–Crippen LogP) is 6.18. The monoisotopic (exact) mass is 424 g/mol. The maximum atomic E-state index is 13.8. The van der Waals surface area contributed by atoms with E-state index in [0.29, 0.717) is 5.66 Å². The number of hydrogen-bond donors (Lipinski definition) is 0. The molecule has 0 aromatic rings. The molecule has 0 unspecified atom stereocenters. The van der Waals surface area contributed by atoms with E-state index in [1.807, 2.05) is 0 Å². The van der Waals surface area contributed by atoms with Crippen molar-refractivity contribution < 1.29 is 4.57 Å². The van der Waals surface area contributed by atoms with E-state index in [1.54, 1.807) is 0 Å². The molecule has 0 atom stereocenters. The molecule has 0 aromatic carbocycles. The summed E-state index contributed by atoms with van der Waals surface area (Å²) in [5, 5.41) is 0. The van der Waals surface area contributed by atoms with Gasteiger partial charge in [-0.2, -0.15) is 0 Å². The third kappa shape index (κ3) is 4.28. The molecular weight excluding hydrogens is 391 g/mol. The fourth-order valence-electron chi connectivity index (χ4n) is 2.96. The average molecular weight is 422 g/mol. The Balaban J connectivity index is 2.44. The van der Waals surface area contributed by atoms with Crippen LogP contribution in [0.4, 0.5) is 0 Å². The van der Waals surface area contributed by atoms with Gasteiger partial charge in [-0.3, -0.25) is 0 Å². The molecule has 21 heavy (non-hydrogen) atoms. The van der Waals surface area contributed by atoms with E-state index < -0.39 is 7.14 Å². The first-order valence-corrected chi connectivity index (χ1v) is 12.5. The molecular formula is C18H31OPTe. The minimum absolute atomic E-state index is 0.178. The zero-order valence-electron chi connectivity index (χ0n) is 14.5. The van der Waals surface area contributed by atoms with Crippen molar-refractivity contribution in [3.8, 4) is 0 Å². The first-order valence-electron chi connectivity index (χ1n) is 8.26. The molecule has 1 heterocycles. The Kier molecular flexibility index (Phi) is 5.26. The molecule has 0 radical (unpaired) electrons. The summed E-state index contributed by atoms with van der Waals surface area (Å²) in [5.41, 5.74) is 0.781. The summed E-state index contributed by atoms with van der Waals surface area (Å²) in [6, 6.07) is 0. The molecule has 0 bridgehead atoms. The molecule has 0 saturated heterocycles. The van der Waals surface area contributed by atoms with Crippen LogP contribution < -0.4 is 0 Å². The fourth-order valence-corrected chi connectivity index (χ4v) is 12.4. The average Bonchev–Trinajstić information content (AvgIpc) is 2.37. The number of rotatable bonds is 1. The Labute approximate surface area is 141 Å². The van der Waals surface area contributed by atoms with Crippen molar-refractivity contribution in [2.45, 2.75) is 79.3 Å². The molecule has 3 heteroatoms. The molecule has 2 aliphatic rings. The summed E-state index contributed by atoms with van der Waals surface area (Å²) < 4.78 is 16.8. The van der Waals surface area contributed by atoms with Crippen molar-refractivity contribution in [1.82, 2.24) is 0 Å². The number of allylic oxidation sites excluding steroid dienone is 2. The van der Waals surface area contributed by atoms with Crippen molar-refractivity contribution in [2.24, 2.45) is 10.8 Å². The Morgan fingerprint density at radius 1 is 0.905 bits per heavy atom. The minimum atomic E-state index is -2.29. The zero-order chi connectivity index (χ0) is 15.9. The van der Waals surface area contributed by atoms with Crippen molar-refractivity contribution in [2.75, 3.05) is 0 Å². The van der Waals surface area contributed by atoms with Gasteiger partial charge in [0.05, 0.1) is 0 Å². The summed E-state index contributed by atoms with van der Waals surface area (Å²) in [7, 11) is -2.29. The van der Waals surface area contributed by atoms with Gasteiger partial charge in [0.25, 0.3) is 0 Å². The molecule has 1 aliphatic heterocycles. The topological polar surface area (TPSA) is 17.1 Å². The molecule has 0 spiro atoms. The van der Waals surface area contributed by atoms with E-state index in [0.717, 1.165) is 0 Å². The Morgan fingerprint density at radius 3 is 1.71 bits per heavy atom. The molecule has 2 rings (SSSR count). The van der Waals surface area contributed by atoms with E-state index in [2.05, 4.69) is 53.2 Å². The molecule has 120 valence electrons. The predicted molar refractivity (Wildman–Crippen MR) is 95.3 cm³/mol. The van der Waals surface area contributed by atoms with Crippen LogP contribution in [0.25, 0.3) is 0 Å². The van der Waals surface area contributed by atoms with Crippen LogP contribution in [0.5, 0.6) is 0 Å². The second-order valence-electron chi connectivity index (χ2n) is 8.64. The van der Waals surface area contributed by atoms with E-state index in [1.165, 1.54) is 39.3 Å². The second-order valence-corrected chi connectivity index (χ2v) is 14.5.